The lowest BCUT2D eigenvalue weighted by Gasteiger charge is -2.34. The molecule has 0 radical (unpaired) electrons. The van der Waals surface area contributed by atoms with Gasteiger partial charge in [-0.1, -0.05) is 12.8 Å². The minimum atomic E-state index is -0.503. The summed E-state index contributed by atoms with van der Waals surface area (Å²) >= 11 is 0. The molecule has 18 heavy (non-hydrogen) atoms. The average molecular weight is 253 g/mol. The number of aldehydes is 1. The van der Waals surface area contributed by atoms with Crippen molar-refractivity contribution in [3.05, 3.63) is 0 Å². The maximum absolute atomic E-state index is 12.2. The van der Waals surface area contributed by atoms with Crippen LogP contribution in [0, 0.1) is 5.92 Å². The molecule has 102 valence electrons. The van der Waals surface area contributed by atoms with Crippen LogP contribution in [0.15, 0.2) is 0 Å². The first-order valence-electron chi connectivity index (χ1n) is 6.89. The van der Waals surface area contributed by atoms with Gasteiger partial charge < -0.3 is 9.53 Å². The summed E-state index contributed by atoms with van der Waals surface area (Å²) in [4.78, 5) is 25.1. The van der Waals surface area contributed by atoms with E-state index in [0.717, 1.165) is 32.0 Å². The Kier molecular flexibility index (Phi) is 3.64. The SMILES string of the molecule is CC(C)(C)OC(=O)N1C2CCCCC2C[C@H]1C=O. The largest absolute Gasteiger partial charge is 0.444 e. The number of fused-ring (bicyclic) bond motifs is 1. The van der Waals surface area contributed by atoms with Gasteiger partial charge in [0, 0.05) is 6.04 Å². The molecule has 4 nitrogen and oxygen atoms in total. The number of hydrogen-bond donors (Lipinski definition) is 0. The molecule has 3 atom stereocenters. The molecule has 2 unspecified atom stereocenters. The predicted octanol–water partition coefficient (Wildman–Crippen LogP) is 2.75. The van der Waals surface area contributed by atoms with E-state index in [2.05, 4.69) is 0 Å². The Morgan fingerprint density at radius 2 is 1.94 bits per heavy atom. The summed E-state index contributed by atoms with van der Waals surface area (Å²) in [5, 5.41) is 0. The van der Waals surface area contributed by atoms with Gasteiger partial charge in [0.1, 0.15) is 11.9 Å². The first-order valence-corrected chi connectivity index (χ1v) is 6.89. The number of likely N-dealkylation sites (tertiary alicyclic amines) is 1. The summed E-state index contributed by atoms with van der Waals surface area (Å²) in [6.45, 7) is 5.57. The van der Waals surface area contributed by atoms with Crippen LogP contribution in [0.1, 0.15) is 52.9 Å². The number of ether oxygens (including phenoxy) is 1. The van der Waals surface area contributed by atoms with E-state index in [1.807, 2.05) is 20.8 Å². The highest BCUT2D eigenvalue weighted by molar-refractivity contribution is 5.75. The quantitative estimate of drug-likeness (QED) is 0.675. The molecule has 2 aliphatic rings. The summed E-state index contributed by atoms with van der Waals surface area (Å²) in [5.74, 6) is 0.487. The fourth-order valence-electron chi connectivity index (χ4n) is 3.21. The summed E-state index contributed by atoms with van der Waals surface area (Å²) in [6.07, 6.45) is 5.90. The second-order valence-corrected chi connectivity index (χ2v) is 6.44. The first kappa shape index (κ1) is 13.4. The monoisotopic (exact) mass is 253 g/mol. The third kappa shape index (κ3) is 2.68. The zero-order valence-electron chi connectivity index (χ0n) is 11.5. The summed E-state index contributed by atoms with van der Waals surface area (Å²) in [7, 11) is 0. The molecule has 1 saturated carbocycles. The van der Waals surface area contributed by atoms with Crippen molar-refractivity contribution in [2.45, 2.75) is 70.6 Å². The highest BCUT2D eigenvalue weighted by Gasteiger charge is 2.45. The summed E-state index contributed by atoms with van der Waals surface area (Å²) < 4.78 is 5.43. The molecule has 0 spiro atoms. The van der Waals surface area contributed by atoms with Crippen molar-refractivity contribution < 1.29 is 14.3 Å². The number of carbonyl (C=O) groups excluding carboxylic acids is 2. The van der Waals surface area contributed by atoms with Gasteiger partial charge in [-0.2, -0.15) is 0 Å². The van der Waals surface area contributed by atoms with E-state index in [1.165, 1.54) is 6.42 Å². The zero-order chi connectivity index (χ0) is 13.3. The topological polar surface area (TPSA) is 46.6 Å². The molecule has 0 N–H and O–H groups in total. The summed E-state index contributed by atoms with van der Waals surface area (Å²) in [6, 6.07) is -0.0725. The highest BCUT2D eigenvalue weighted by atomic mass is 16.6. The minimum absolute atomic E-state index is 0.212. The lowest BCUT2D eigenvalue weighted by Crippen LogP contribution is -2.46. The lowest BCUT2D eigenvalue weighted by atomic mass is 9.85. The van der Waals surface area contributed by atoms with Crippen LogP contribution in [-0.2, 0) is 9.53 Å². The fraction of sp³-hybridized carbons (Fsp3) is 0.857. The zero-order valence-corrected chi connectivity index (χ0v) is 11.5. The maximum Gasteiger partial charge on any atom is 0.411 e. The van der Waals surface area contributed by atoms with E-state index >= 15 is 0 Å². The van der Waals surface area contributed by atoms with Crippen molar-refractivity contribution >= 4 is 12.4 Å². The molecule has 1 aliphatic heterocycles. The smallest absolute Gasteiger partial charge is 0.411 e. The van der Waals surface area contributed by atoms with Crippen molar-refractivity contribution in [1.29, 1.82) is 0 Å². The van der Waals surface area contributed by atoms with Crippen molar-refractivity contribution in [1.82, 2.24) is 4.90 Å². The van der Waals surface area contributed by atoms with Gasteiger partial charge in [-0.3, -0.25) is 4.90 Å². The molecule has 1 aliphatic carbocycles. The van der Waals surface area contributed by atoms with E-state index < -0.39 is 5.60 Å². The fourth-order valence-corrected chi connectivity index (χ4v) is 3.21. The van der Waals surface area contributed by atoms with Gasteiger partial charge in [0.15, 0.2) is 0 Å². The van der Waals surface area contributed by atoms with E-state index in [0.29, 0.717) is 5.92 Å². The molecule has 2 rings (SSSR count). The Morgan fingerprint density at radius 1 is 1.28 bits per heavy atom. The molecule has 0 aromatic rings. The minimum Gasteiger partial charge on any atom is -0.444 e. The average Bonchev–Trinajstić information content (AvgIpc) is 2.64. The van der Waals surface area contributed by atoms with E-state index in [1.54, 1.807) is 4.90 Å². The van der Waals surface area contributed by atoms with Gasteiger partial charge in [0.25, 0.3) is 0 Å². The van der Waals surface area contributed by atoms with Crippen molar-refractivity contribution in [3.63, 3.8) is 0 Å². The van der Waals surface area contributed by atoms with Crippen LogP contribution < -0.4 is 0 Å². The van der Waals surface area contributed by atoms with Gasteiger partial charge in [0.05, 0.1) is 6.04 Å². The molecule has 1 amide bonds. The standard InChI is InChI=1S/C14H23NO3/c1-14(2,3)18-13(17)15-11(9-16)8-10-6-4-5-7-12(10)15/h9-12H,4-8H2,1-3H3/t10?,11-,12?/m0/s1. The van der Waals surface area contributed by atoms with Gasteiger partial charge >= 0.3 is 6.09 Å². The Balaban J connectivity index is 2.12. The van der Waals surface area contributed by atoms with Gasteiger partial charge in [-0.15, -0.1) is 0 Å². The van der Waals surface area contributed by atoms with E-state index in [9.17, 15) is 9.59 Å². The number of nitrogens with zero attached hydrogens (tertiary/aromatic N) is 1. The van der Waals surface area contributed by atoms with E-state index in [4.69, 9.17) is 4.74 Å². The van der Waals surface area contributed by atoms with E-state index in [-0.39, 0.29) is 18.2 Å². The van der Waals surface area contributed by atoms with Crippen LogP contribution in [0.2, 0.25) is 0 Å². The second kappa shape index (κ2) is 4.90. The van der Waals surface area contributed by atoms with Crippen molar-refractivity contribution in [2.75, 3.05) is 0 Å². The third-order valence-corrected chi connectivity index (χ3v) is 3.89. The molecule has 1 saturated heterocycles. The van der Waals surface area contributed by atoms with Gasteiger partial charge in [-0.05, 0) is 46.0 Å². The Labute approximate surface area is 109 Å². The van der Waals surface area contributed by atoms with Crippen LogP contribution in [-0.4, -0.2) is 35.0 Å². The van der Waals surface area contributed by atoms with Crippen LogP contribution in [0.3, 0.4) is 0 Å². The molecular weight excluding hydrogens is 230 g/mol. The normalized spacial score (nSPS) is 31.9. The highest BCUT2D eigenvalue weighted by Crippen LogP contribution is 2.39. The first-order chi connectivity index (χ1) is 8.42. The Morgan fingerprint density at radius 3 is 2.56 bits per heavy atom. The molecule has 4 heteroatoms. The number of rotatable bonds is 1. The molecule has 0 aromatic heterocycles. The number of carbonyl (C=O) groups is 2. The summed E-state index contributed by atoms with van der Waals surface area (Å²) in [5.41, 5.74) is -0.503. The maximum atomic E-state index is 12.2. The van der Waals surface area contributed by atoms with Crippen LogP contribution in [0.4, 0.5) is 4.79 Å². The van der Waals surface area contributed by atoms with Crippen molar-refractivity contribution in [2.24, 2.45) is 5.92 Å². The number of amides is 1. The Bertz CT molecular complexity index is 334. The molecule has 1 heterocycles. The van der Waals surface area contributed by atoms with Crippen LogP contribution in [0.5, 0.6) is 0 Å². The lowest BCUT2D eigenvalue weighted by molar-refractivity contribution is -0.112. The molecule has 0 aromatic carbocycles. The van der Waals surface area contributed by atoms with Crippen molar-refractivity contribution in [3.8, 4) is 0 Å². The third-order valence-electron chi connectivity index (χ3n) is 3.89. The molecule has 0 bridgehead atoms. The van der Waals surface area contributed by atoms with Gasteiger partial charge in [0.2, 0.25) is 0 Å². The molecular formula is C14H23NO3. The Hall–Kier alpha value is -1.06. The molecule has 2 fully saturated rings. The van der Waals surface area contributed by atoms with Gasteiger partial charge in [-0.25, -0.2) is 4.79 Å². The van der Waals surface area contributed by atoms with Crippen LogP contribution >= 0.6 is 0 Å². The second-order valence-electron chi connectivity index (χ2n) is 6.44. The number of hydrogen-bond acceptors (Lipinski definition) is 3. The van der Waals surface area contributed by atoms with Crippen LogP contribution in [0.25, 0.3) is 0 Å². The predicted molar refractivity (Wildman–Crippen MR) is 68.3 cm³/mol.